The number of hydrogen-bond donors (Lipinski definition) is 2. The molecule has 0 spiro atoms. The van der Waals surface area contributed by atoms with E-state index in [9.17, 15) is 4.79 Å². The largest absolute Gasteiger partial charge is 0.384 e. The number of carbonyl (C=O) groups excluding carboxylic acids is 1. The first-order chi connectivity index (χ1) is 6.74. The molecule has 1 radical (unpaired) electrons. The van der Waals surface area contributed by atoms with E-state index in [1.165, 1.54) is 18.3 Å². The Hall–Kier alpha value is -2.35. The highest BCUT2D eigenvalue weighted by Crippen LogP contribution is 2.00. The second kappa shape index (κ2) is 4.62. The van der Waals surface area contributed by atoms with Gasteiger partial charge in [0.15, 0.2) is 0 Å². The Morgan fingerprint density at radius 3 is 3.00 bits per heavy atom. The second-order valence-electron chi connectivity index (χ2n) is 2.34. The molecular formula is C9H7N4O. The minimum Gasteiger partial charge on any atom is -0.384 e. The van der Waals surface area contributed by atoms with E-state index in [-0.39, 0.29) is 5.91 Å². The average molecular weight is 187 g/mol. The SMILES string of the molecule is N#CC=[C]NC(=O)c1ccc(N)nc1. The molecule has 14 heavy (non-hydrogen) atoms. The lowest BCUT2D eigenvalue weighted by atomic mass is 10.2. The molecule has 0 unspecified atom stereocenters. The molecule has 69 valence electrons. The van der Waals surface area contributed by atoms with Crippen LogP contribution in [-0.4, -0.2) is 10.9 Å². The topological polar surface area (TPSA) is 91.8 Å². The lowest BCUT2D eigenvalue weighted by molar-refractivity contribution is 0.0967. The molecule has 1 amide bonds. The number of allylic oxidation sites excluding steroid dienone is 1. The van der Waals surface area contributed by atoms with E-state index >= 15 is 0 Å². The van der Waals surface area contributed by atoms with Crippen LogP contribution in [0.3, 0.4) is 0 Å². The minimum atomic E-state index is -0.385. The number of nitriles is 1. The van der Waals surface area contributed by atoms with Gasteiger partial charge in [-0.1, -0.05) is 0 Å². The number of anilines is 1. The first kappa shape index (κ1) is 9.74. The van der Waals surface area contributed by atoms with Crippen molar-refractivity contribution in [2.75, 3.05) is 5.73 Å². The standard InChI is InChI=1S/C9H7N4O/c10-4-1-5-12-9(14)7-2-3-8(11)13-6-7/h1-3,6H,(H2,11,13)(H,12,14). The molecule has 0 fully saturated rings. The van der Waals surface area contributed by atoms with Crippen LogP contribution >= 0.6 is 0 Å². The molecule has 1 aromatic rings. The molecule has 1 heterocycles. The molecule has 5 heteroatoms. The number of hydrogen-bond acceptors (Lipinski definition) is 4. The van der Waals surface area contributed by atoms with Gasteiger partial charge in [0.2, 0.25) is 0 Å². The van der Waals surface area contributed by atoms with E-state index in [4.69, 9.17) is 11.0 Å². The quantitative estimate of drug-likeness (QED) is 0.512. The summed E-state index contributed by atoms with van der Waals surface area (Å²) in [7, 11) is 0. The highest BCUT2D eigenvalue weighted by atomic mass is 16.1. The van der Waals surface area contributed by atoms with Gasteiger partial charge in [0.25, 0.3) is 5.91 Å². The van der Waals surface area contributed by atoms with Crippen molar-refractivity contribution in [1.29, 1.82) is 5.26 Å². The normalized spacial score (nSPS) is 9.64. The van der Waals surface area contributed by atoms with Crippen LogP contribution in [-0.2, 0) is 0 Å². The Morgan fingerprint density at radius 1 is 1.64 bits per heavy atom. The summed E-state index contributed by atoms with van der Waals surface area (Å²) in [4.78, 5) is 15.0. The van der Waals surface area contributed by atoms with Crippen molar-refractivity contribution in [3.8, 4) is 6.07 Å². The number of rotatable bonds is 2. The van der Waals surface area contributed by atoms with Crippen molar-refractivity contribution >= 4 is 11.7 Å². The van der Waals surface area contributed by atoms with Crippen molar-refractivity contribution < 1.29 is 4.79 Å². The Kier molecular flexibility index (Phi) is 3.21. The smallest absolute Gasteiger partial charge is 0.257 e. The molecule has 0 bridgehead atoms. The van der Waals surface area contributed by atoms with Crippen LogP contribution in [0.4, 0.5) is 5.82 Å². The van der Waals surface area contributed by atoms with Gasteiger partial charge in [0.05, 0.1) is 17.8 Å². The lowest BCUT2D eigenvalue weighted by Gasteiger charge is -1.98. The Labute approximate surface area is 80.9 Å². The molecule has 1 rings (SSSR count). The van der Waals surface area contributed by atoms with Gasteiger partial charge in [-0.25, -0.2) is 4.98 Å². The highest BCUT2D eigenvalue weighted by Gasteiger charge is 2.02. The van der Waals surface area contributed by atoms with Gasteiger partial charge in [-0.15, -0.1) is 0 Å². The number of carbonyl (C=O) groups is 1. The fourth-order valence-electron chi connectivity index (χ4n) is 0.746. The number of nitrogens with two attached hydrogens (primary N) is 1. The second-order valence-corrected chi connectivity index (χ2v) is 2.34. The zero-order valence-electron chi connectivity index (χ0n) is 7.19. The predicted octanol–water partition coefficient (Wildman–Crippen LogP) is 0.234. The van der Waals surface area contributed by atoms with Gasteiger partial charge < -0.3 is 11.1 Å². The van der Waals surface area contributed by atoms with Gasteiger partial charge in [0.1, 0.15) is 5.82 Å². The summed E-state index contributed by atoms with van der Waals surface area (Å²) in [6.07, 6.45) is 4.69. The molecule has 0 aromatic carbocycles. The molecule has 5 nitrogen and oxygen atoms in total. The summed E-state index contributed by atoms with van der Waals surface area (Å²) in [5.74, 6) is -0.0397. The van der Waals surface area contributed by atoms with Crippen molar-refractivity contribution in [1.82, 2.24) is 10.3 Å². The summed E-state index contributed by atoms with van der Waals surface area (Å²) in [6.45, 7) is 0. The molecule has 0 aliphatic carbocycles. The number of amides is 1. The number of nitrogens with zero attached hydrogens (tertiary/aromatic N) is 2. The van der Waals surface area contributed by atoms with Crippen LogP contribution < -0.4 is 11.1 Å². The molecule has 1 aromatic heterocycles. The average Bonchev–Trinajstić information content (AvgIpc) is 2.19. The van der Waals surface area contributed by atoms with Gasteiger partial charge in [0, 0.05) is 12.3 Å². The van der Waals surface area contributed by atoms with E-state index in [1.54, 1.807) is 6.07 Å². The van der Waals surface area contributed by atoms with Gasteiger partial charge in [-0.3, -0.25) is 4.79 Å². The number of nitrogen functional groups attached to an aromatic ring is 1. The fraction of sp³-hybridized carbons (Fsp3) is 0. The third-order valence-corrected chi connectivity index (χ3v) is 1.37. The minimum absolute atomic E-state index is 0.345. The predicted molar refractivity (Wildman–Crippen MR) is 49.5 cm³/mol. The first-order valence-corrected chi connectivity index (χ1v) is 3.72. The maximum atomic E-state index is 11.2. The number of aromatic nitrogens is 1. The zero-order chi connectivity index (χ0) is 10.4. The van der Waals surface area contributed by atoms with Crippen LogP contribution in [0, 0.1) is 17.5 Å². The van der Waals surface area contributed by atoms with Crippen molar-refractivity contribution in [2.45, 2.75) is 0 Å². The van der Waals surface area contributed by atoms with E-state index in [0.717, 1.165) is 6.08 Å². The van der Waals surface area contributed by atoms with Crippen molar-refractivity contribution in [3.05, 3.63) is 36.2 Å². The van der Waals surface area contributed by atoms with Crippen molar-refractivity contribution in [3.63, 3.8) is 0 Å². The Balaban J connectivity index is 2.67. The van der Waals surface area contributed by atoms with E-state index in [1.807, 2.05) is 0 Å². The monoisotopic (exact) mass is 187 g/mol. The van der Waals surface area contributed by atoms with E-state index < -0.39 is 0 Å². The Bertz CT molecular complexity index is 388. The summed E-state index contributed by atoms with van der Waals surface area (Å²) in [5, 5.41) is 10.4. The van der Waals surface area contributed by atoms with Crippen LogP contribution in [0.5, 0.6) is 0 Å². The van der Waals surface area contributed by atoms with Crippen LogP contribution in [0.2, 0.25) is 0 Å². The van der Waals surface area contributed by atoms with Crippen LogP contribution in [0.25, 0.3) is 0 Å². The number of pyridine rings is 1. The Morgan fingerprint density at radius 2 is 2.43 bits per heavy atom. The summed E-state index contributed by atoms with van der Waals surface area (Å²) < 4.78 is 0. The van der Waals surface area contributed by atoms with Crippen molar-refractivity contribution in [2.24, 2.45) is 0 Å². The molecule has 0 aliphatic rings. The summed E-state index contributed by atoms with van der Waals surface area (Å²) in [6, 6.07) is 4.75. The van der Waals surface area contributed by atoms with Gasteiger partial charge >= 0.3 is 0 Å². The molecular weight excluding hydrogens is 180 g/mol. The van der Waals surface area contributed by atoms with E-state index in [0.29, 0.717) is 11.4 Å². The number of nitrogens with one attached hydrogen (secondary N) is 1. The third-order valence-electron chi connectivity index (χ3n) is 1.37. The summed E-state index contributed by atoms with van der Waals surface area (Å²) >= 11 is 0. The lowest BCUT2D eigenvalue weighted by Crippen LogP contribution is -2.17. The summed E-state index contributed by atoms with van der Waals surface area (Å²) in [5.41, 5.74) is 5.70. The molecule has 3 N–H and O–H groups in total. The van der Waals surface area contributed by atoms with Crippen LogP contribution in [0.1, 0.15) is 10.4 Å². The van der Waals surface area contributed by atoms with Gasteiger partial charge in [-0.05, 0) is 12.1 Å². The molecule has 0 aliphatic heterocycles. The first-order valence-electron chi connectivity index (χ1n) is 3.72. The maximum absolute atomic E-state index is 11.2. The third kappa shape index (κ3) is 2.60. The highest BCUT2D eigenvalue weighted by molar-refractivity contribution is 5.94. The van der Waals surface area contributed by atoms with Crippen LogP contribution in [0.15, 0.2) is 24.4 Å². The van der Waals surface area contributed by atoms with E-state index in [2.05, 4.69) is 16.5 Å². The molecule has 0 saturated heterocycles. The maximum Gasteiger partial charge on any atom is 0.257 e. The molecule has 0 saturated carbocycles. The van der Waals surface area contributed by atoms with Gasteiger partial charge in [-0.2, -0.15) is 5.26 Å². The fourth-order valence-corrected chi connectivity index (χ4v) is 0.746. The zero-order valence-corrected chi connectivity index (χ0v) is 7.19. The molecule has 0 atom stereocenters.